The zero-order valence-electron chi connectivity index (χ0n) is 15.1. The van der Waals surface area contributed by atoms with Gasteiger partial charge in [-0.25, -0.2) is 4.98 Å². The molecule has 2 aromatic carbocycles. The summed E-state index contributed by atoms with van der Waals surface area (Å²) >= 11 is 1.61. The Kier molecular flexibility index (Phi) is 6.26. The Morgan fingerprint density at radius 3 is 2.58 bits per heavy atom. The third-order valence-electron chi connectivity index (χ3n) is 4.27. The van der Waals surface area contributed by atoms with Crippen LogP contribution in [-0.2, 0) is 6.54 Å². The van der Waals surface area contributed by atoms with Crippen LogP contribution in [0.15, 0.2) is 60.0 Å². The number of aliphatic hydroxyl groups is 1. The van der Waals surface area contributed by atoms with Gasteiger partial charge in [-0.2, -0.15) is 0 Å². The molecule has 0 radical (unpaired) electrons. The fourth-order valence-electron chi connectivity index (χ4n) is 2.80. The van der Waals surface area contributed by atoms with Gasteiger partial charge in [0.2, 0.25) is 0 Å². The fourth-order valence-corrected chi connectivity index (χ4v) is 3.64. The van der Waals surface area contributed by atoms with Crippen molar-refractivity contribution in [2.75, 3.05) is 18.6 Å². The summed E-state index contributed by atoms with van der Waals surface area (Å²) in [5.41, 5.74) is 3.08. The third kappa shape index (κ3) is 4.42. The normalized spacial score (nSPS) is 12.0. The molecule has 0 saturated heterocycles. The maximum absolute atomic E-state index is 10.1. The Labute approximate surface area is 158 Å². The van der Waals surface area contributed by atoms with Gasteiger partial charge in [0.1, 0.15) is 10.8 Å². The lowest BCUT2D eigenvalue weighted by molar-refractivity contribution is 0.175. The average molecular weight is 369 g/mol. The zero-order valence-corrected chi connectivity index (χ0v) is 15.9. The summed E-state index contributed by atoms with van der Waals surface area (Å²) in [6, 6.07) is 18.1. The summed E-state index contributed by atoms with van der Waals surface area (Å²) in [6.45, 7) is 3.24. The molecule has 3 rings (SSSR count). The molecule has 1 N–H and O–H groups in total. The summed E-state index contributed by atoms with van der Waals surface area (Å²) < 4.78 is 5.45. The lowest BCUT2D eigenvalue weighted by Crippen LogP contribution is -2.31. The van der Waals surface area contributed by atoms with E-state index in [1.807, 2.05) is 49.4 Å². The van der Waals surface area contributed by atoms with Crippen LogP contribution in [0.4, 0.5) is 5.69 Å². The maximum atomic E-state index is 10.1. The molecular weight excluding hydrogens is 344 g/mol. The van der Waals surface area contributed by atoms with Crippen molar-refractivity contribution in [3.8, 4) is 16.3 Å². The van der Waals surface area contributed by atoms with Crippen LogP contribution in [0.1, 0.15) is 19.0 Å². The van der Waals surface area contributed by atoms with E-state index in [0.29, 0.717) is 13.1 Å². The molecule has 0 amide bonds. The van der Waals surface area contributed by atoms with E-state index in [1.165, 1.54) is 0 Å². The molecule has 26 heavy (non-hydrogen) atoms. The highest BCUT2D eigenvalue weighted by atomic mass is 32.1. The van der Waals surface area contributed by atoms with Crippen molar-refractivity contribution in [3.63, 3.8) is 0 Å². The van der Waals surface area contributed by atoms with Gasteiger partial charge in [-0.05, 0) is 30.7 Å². The van der Waals surface area contributed by atoms with Crippen molar-refractivity contribution in [1.29, 1.82) is 0 Å². The Balaban J connectivity index is 1.83. The van der Waals surface area contributed by atoms with Crippen molar-refractivity contribution >= 4 is 17.0 Å². The first-order valence-electron chi connectivity index (χ1n) is 8.77. The van der Waals surface area contributed by atoms with Gasteiger partial charge in [0.05, 0.1) is 31.0 Å². The SMILES string of the molecule is CCC(O)CN(Cc1csc(-c2ccccc2OC)n1)c1ccccc1. The minimum Gasteiger partial charge on any atom is -0.496 e. The smallest absolute Gasteiger partial charge is 0.129 e. The molecule has 1 atom stereocenters. The molecule has 0 spiro atoms. The number of aliphatic hydroxyl groups excluding tert-OH is 1. The zero-order chi connectivity index (χ0) is 18.4. The fraction of sp³-hybridized carbons (Fsp3) is 0.286. The lowest BCUT2D eigenvalue weighted by atomic mass is 10.2. The standard InChI is InChI=1S/C21H24N2O2S/c1-3-18(24)14-23(17-9-5-4-6-10-17)13-16-15-26-21(22-16)19-11-7-8-12-20(19)25-2/h4-12,15,18,24H,3,13-14H2,1-2H3. The second-order valence-corrected chi connectivity index (χ2v) is 6.98. The first-order valence-corrected chi connectivity index (χ1v) is 9.65. The van der Waals surface area contributed by atoms with Crippen LogP contribution >= 0.6 is 11.3 Å². The van der Waals surface area contributed by atoms with Crippen molar-refractivity contribution in [2.45, 2.75) is 26.0 Å². The van der Waals surface area contributed by atoms with Crippen molar-refractivity contribution in [3.05, 3.63) is 65.7 Å². The summed E-state index contributed by atoms with van der Waals surface area (Å²) in [7, 11) is 1.68. The van der Waals surface area contributed by atoms with Gasteiger partial charge >= 0.3 is 0 Å². The van der Waals surface area contributed by atoms with E-state index in [1.54, 1.807) is 18.4 Å². The molecule has 3 aromatic rings. The number of hydrogen-bond donors (Lipinski definition) is 1. The van der Waals surface area contributed by atoms with Gasteiger partial charge in [0.15, 0.2) is 0 Å². The van der Waals surface area contributed by atoms with Gasteiger partial charge in [-0.3, -0.25) is 0 Å². The van der Waals surface area contributed by atoms with Crippen LogP contribution in [0.3, 0.4) is 0 Å². The van der Waals surface area contributed by atoms with E-state index in [-0.39, 0.29) is 6.10 Å². The number of hydrogen-bond acceptors (Lipinski definition) is 5. The van der Waals surface area contributed by atoms with Gasteiger partial charge < -0.3 is 14.7 Å². The molecule has 0 saturated carbocycles. The van der Waals surface area contributed by atoms with E-state index in [0.717, 1.165) is 34.1 Å². The molecule has 0 aliphatic rings. The molecule has 1 unspecified atom stereocenters. The first-order chi connectivity index (χ1) is 12.7. The Hall–Kier alpha value is -2.37. The molecular formula is C21H24N2O2S. The van der Waals surface area contributed by atoms with Crippen LogP contribution in [0.2, 0.25) is 0 Å². The molecule has 4 nitrogen and oxygen atoms in total. The maximum Gasteiger partial charge on any atom is 0.129 e. The molecule has 1 heterocycles. The second-order valence-electron chi connectivity index (χ2n) is 6.12. The van der Waals surface area contributed by atoms with Crippen LogP contribution in [0, 0.1) is 0 Å². The second kappa shape index (κ2) is 8.83. The molecule has 1 aromatic heterocycles. The molecule has 0 aliphatic heterocycles. The highest BCUT2D eigenvalue weighted by molar-refractivity contribution is 7.13. The molecule has 0 bridgehead atoms. The first kappa shape index (κ1) is 18.4. The highest BCUT2D eigenvalue weighted by Gasteiger charge is 2.15. The van der Waals surface area contributed by atoms with Crippen LogP contribution in [0.5, 0.6) is 5.75 Å². The predicted molar refractivity (Wildman–Crippen MR) is 108 cm³/mol. The molecule has 0 aliphatic carbocycles. The van der Waals surface area contributed by atoms with Gasteiger partial charge in [-0.1, -0.05) is 37.3 Å². The van der Waals surface area contributed by atoms with Crippen molar-refractivity contribution in [2.24, 2.45) is 0 Å². The number of anilines is 1. The topological polar surface area (TPSA) is 45.6 Å². The van der Waals surface area contributed by atoms with E-state index in [2.05, 4.69) is 22.4 Å². The van der Waals surface area contributed by atoms with Crippen molar-refractivity contribution < 1.29 is 9.84 Å². The largest absolute Gasteiger partial charge is 0.496 e. The minimum absolute atomic E-state index is 0.359. The minimum atomic E-state index is -0.359. The number of ether oxygens (including phenoxy) is 1. The Morgan fingerprint density at radius 1 is 1.12 bits per heavy atom. The molecule has 5 heteroatoms. The van der Waals surface area contributed by atoms with Crippen molar-refractivity contribution in [1.82, 2.24) is 4.98 Å². The van der Waals surface area contributed by atoms with E-state index < -0.39 is 0 Å². The molecule has 0 fully saturated rings. The number of methoxy groups -OCH3 is 1. The van der Waals surface area contributed by atoms with Gasteiger partial charge in [-0.15, -0.1) is 11.3 Å². The highest BCUT2D eigenvalue weighted by Crippen LogP contribution is 2.32. The number of rotatable bonds is 8. The Bertz CT molecular complexity index is 820. The number of benzene rings is 2. The van der Waals surface area contributed by atoms with Crippen LogP contribution < -0.4 is 9.64 Å². The third-order valence-corrected chi connectivity index (χ3v) is 5.19. The number of thiazole rings is 1. The number of nitrogens with zero attached hydrogens (tertiary/aromatic N) is 2. The summed E-state index contributed by atoms with van der Waals surface area (Å²) in [5, 5.41) is 13.2. The Morgan fingerprint density at radius 2 is 1.85 bits per heavy atom. The summed E-state index contributed by atoms with van der Waals surface area (Å²) in [5.74, 6) is 0.828. The lowest BCUT2D eigenvalue weighted by Gasteiger charge is -2.26. The summed E-state index contributed by atoms with van der Waals surface area (Å²) in [4.78, 5) is 6.98. The van der Waals surface area contributed by atoms with E-state index >= 15 is 0 Å². The quantitative estimate of drug-likeness (QED) is 0.631. The summed E-state index contributed by atoms with van der Waals surface area (Å²) in [6.07, 6.45) is 0.370. The van der Waals surface area contributed by atoms with Gasteiger partial charge in [0, 0.05) is 17.6 Å². The molecule has 136 valence electrons. The van der Waals surface area contributed by atoms with Gasteiger partial charge in [0.25, 0.3) is 0 Å². The van der Waals surface area contributed by atoms with Crippen LogP contribution in [0.25, 0.3) is 10.6 Å². The number of aromatic nitrogens is 1. The van der Waals surface area contributed by atoms with Crippen LogP contribution in [-0.4, -0.2) is 29.8 Å². The monoisotopic (exact) mass is 368 g/mol. The number of para-hydroxylation sites is 2. The van der Waals surface area contributed by atoms with E-state index in [9.17, 15) is 5.11 Å². The van der Waals surface area contributed by atoms with E-state index in [4.69, 9.17) is 9.72 Å². The predicted octanol–water partition coefficient (Wildman–Crippen LogP) is 4.60. The average Bonchev–Trinajstić information content (AvgIpc) is 3.16.